The van der Waals surface area contributed by atoms with Crippen molar-refractivity contribution in [2.45, 2.75) is 51.1 Å². The lowest BCUT2D eigenvalue weighted by Crippen LogP contribution is -2.29. The number of hydrogen-bond acceptors (Lipinski definition) is 5. The molecule has 2 aromatic rings. The zero-order valence-electron chi connectivity index (χ0n) is 15.1. The van der Waals surface area contributed by atoms with Gasteiger partial charge in [0.05, 0.1) is 18.3 Å². The van der Waals surface area contributed by atoms with Crippen LogP contribution < -0.4 is 10.2 Å². The third-order valence-electron chi connectivity index (χ3n) is 5.36. The number of nitrogens with zero attached hydrogens (tertiary/aromatic N) is 3. The van der Waals surface area contributed by atoms with Gasteiger partial charge in [-0.1, -0.05) is 38.1 Å². The number of aromatic nitrogens is 2. The average Bonchev–Trinajstić information content (AvgIpc) is 3.21. The van der Waals surface area contributed by atoms with Crippen LogP contribution in [0.3, 0.4) is 0 Å². The minimum absolute atomic E-state index is 0.0619. The van der Waals surface area contributed by atoms with Crippen molar-refractivity contribution in [2.24, 2.45) is 0 Å². The lowest BCUT2D eigenvalue weighted by atomic mass is 9.99. The number of fused-ring (bicyclic) bond motifs is 5. The quantitative estimate of drug-likeness (QED) is 0.874. The van der Waals surface area contributed by atoms with Gasteiger partial charge in [-0.25, -0.2) is 4.98 Å². The van der Waals surface area contributed by atoms with E-state index in [1.165, 1.54) is 17.5 Å². The second kappa shape index (κ2) is 6.30. The first-order valence-corrected chi connectivity index (χ1v) is 9.18. The van der Waals surface area contributed by atoms with Crippen molar-refractivity contribution in [3.63, 3.8) is 0 Å². The second-order valence-electron chi connectivity index (χ2n) is 7.59. The van der Waals surface area contributed by atoms with Gasteiger partial charge in [0.15, 0.2) is 0 Å². The number of aliphatic hydroxyl groups is 1. The van der Waals surface area contributed by atoms with E-state index in [9.17, 15) is 5.11 Å². The van der Waals surface area contributed by atoms with Crippen LogP contribution >= 0.6 is 0 Å². The second-order valence-corrected chi connectivity index (χ2v) is 7.59. The summed E-state index contributed by atoms with van der Waals surface area (Å²) < 4.78 is 0. The number of rotatable bonds is 5. The first-order valence-electron chi connectivity index (χ1n) is 9.18. The highest BCUT2D eigenvalue weighted by molar-refractivity contribution is 5.55. The summed E-state index contributed by atoms with van der Waals surface area (Å²) in [5, 5.41) is 12.5. The minimum atomic E-state index is -0.0639. The maximum atomic E-state index is 9.32. The fourth-order valence-corrected chi connectivity index (χ4v) is 4.02. The van der Waals surface area contributed by atoms with E-state index in [4.69, 9.17) is 4.98 Å². The molecule has 0 amide bonds. The smallest absolute Gasteiger partial charge is 0.225 e. The zero-order chi connectivity index (χ0) is 17.6. The molecule has 5 nitrogen and oxygen atoms in total. The van der Waals surface area contributed by atoms with E-state index in [2.05, 4.69) is 59.4 Å². The Balaban J connectivity index is 1.69. The van der Waals surface area contributed by atoms with E-state index >= 15 is 0 Å². The van der Waals surface area contributed by atoms with Crippen LogP contribution in [-0.4, -0.2) is 34.3 Å². The first kappa shape index (κ1) is 16.3. The van der Waals surface area contributed by atoms with E-state index < -0.39 is 0 Å². The third kappa shape index (κ3) is 2.86. The third-order valence-corrected chi connectivity index (χ3v) is 5.36. The molecule has 4 rings (SSSR count). The van der Waals surface area contributed by atoms with Crippen LogP contribution in [0, 0.1) is 0 Å². The Kier molecular flexibility index (Phi) is 4.12. The van der Waals surface area contributed by atoms with Gasteiger partial charge in [0.25, 0.3) is 0 Å². The Hall–Kier alpha value is -2.14. The molecule has 2 N–H and O–H groups in total. The highest BCUT2D eigenvalue weighted by Crippen LogP contribution is 2.51. The molecule has 0 unspecified atom stereocenters. The number of hydrogen-bond donors (Lipinski definition) is 2. The van der Waals surface area contributed by atoms with E-state index in [-0.39, 0.29) is 12.6 Å². The molecule has 0 spiro atoms. The van der Waals surface area contributed by atoms with Crippen molar-refractivity contribution in [2.75, 3.05) is 23.4 Å². The Morgan fingerprint density at radius 3 is 2.68 bits per heavy atom. The largest absolute Gasteiger partial charge is 0.394 e. The minimum Gasteiger partial charge on any atom is -0.394 e. The summed E-state index contributed by atoms with van der Waals surface area (Å²) in [6, 6.07) is 11.3. The molecule has 1 aromatic carbocycles. The summed E-state index contributed by atoms with van der Waals surface area (Å²) >= 11 is 0. The predicted molar refractivity (Wildman–Crippen MR) is 100 cm³/mol. The Bertz CT molecular complexity index is 776. The Morgan fingerprint density at radius 1 is 1.20 bits per heavy atom. The van der Waals surface area contributed by atoms with E-state index in [0.29, 0.717) is 23.8 Å². The molecule has 3 atom stereocenters. The van der Waals surface area contributed by atoms with Crippen LogP contribution in [0.15, 0.2) is 30.3 Å². The summed E-state index contributed by atoms with van der Waals surface area (Å²) in [6.07, 6.45) is 1.18. The van der Waals surface area contributed by atoms with Crippen molar-refractivity contribution in [3.8, 4) is 0 Å². The van der Waals surface area contributed by atoms with Crippen LogP contribution in [0.25, 0.3) is 0 Å². The SMILES string of the molecule is CC(C)c1cc(N2C[C@H]3C[C@H]2c2ccccc23)nc(N[C@H](C)CO)n1. The fraction of sp³-hybridized carbons (Fsp3) is 0.500. The molecule has 132 valence electrons. The average molecular weight is 338 g/mol. The van der Waals surface area contributed by atoms with Gasteiger partial charge in [0, 0.05) is 24.6 Å². The van der Waals surface area contributed by atoms with Gasteiger partial charge >= 0.3 is 0 Å². The lowest BCUT2D eigenvalue weighted by molar-refractivity contribution is 0.281. The molecule has 2 heterocycles. The molecular formula is C20H26N4O. The molecule has 1 aromatic heterocycles. The molecule has 1 fully saturated rings. The molecule has 25 heavy (non-hydrogen) atoms. The van der Waals surface area contributed by atoms with Crippen LogP contribution in [-0.2, 0) is 0 Å². The molecular weight excluding hydrogens is 312 g/mol. The van der Waals surface area contributed by atoms with Crippen molar-refractivity contribution in [3.05, 3.63) is 47.2 Å². The molecule has 1 aliphatic heterocycles. The van der Waals surface area contributed by atoms with Gasteiger partial charge in [-0.2, -0.15) is 4.98 Å². The van der Waals surface area contributed by atoms with Crippen molar-refractivity contribution in [1.82, 2.24) is 9.97 Å². The zero-order valence-corrected chi connectivity index (χ0v) is 15.1. The van der Waals surface area contributed by atoms with Crippen LogP contribution in [0.4, 0.5) is 11.8 Å². The molecule has 0 radical (unpaired) electrons. The number of benzene rings is 1. The Morgan fingerprint density at radius 2 is 1.96 bits per heavy atom. The standard InChI is InChI=1S/C20H26N4O/c1-12(2)17-9-19(23-20(22-17)21-13(3)11-25)24-10-14-8-18(24)16-7-5-4-6-15(14)16/h4-7,9,12-14,18,25H,8,10-11H2,1-3H3,(H,21,22,23)/t13-,14-,18+/m1/s1. The number of anilines is 2. The van der Waals surface area contributed by atoms with E-state index in [1.54, 1.807) is 0 Å². The van der Waals surface area contributed by atoms with E-state index in [1.807, 2.05) is 6.92 Å². The van der Waals surface area contributed by atoms with Crippen LogP contribution in [0.1, 0.15) is 61.9 Å². The molecule has 1 aliphatic carbocycles. The summed E-state index contributed by atoms with van der Waals surface area (Å²) in [6.45, 7) is 7.31. The van der Waals surface area contributed by atoms with Crippen LogP contribution in [0.2, 0.25) is 0 Å². The molecule has 2 aliphatic rings. The monoisotopic (exact) mass is 338 g/mol. The summed E-state index contributed by atoms with van der Waals surface area (Å²) in [4.78, 5) is 11.8. The van der Waals surface area contributed by atoms with Gasteiger partial charge in [-0.15, -0.1) is 0 Å². The summed E-state index contributed by atoms with van der Waals surface area (Å²) in [5.74, 6) is 2.54. The first-order chi connectivity index (χ1) is 12.1. The van der Waals surface area contributed by atoms with Gasteiger partial charge in [0.1, 0.15) is 5.82 Å². The van der Waals surface area contributed by atoms with E-state index in [0.717, 1.165) is 18.1 Å². The van der Waals surface area contributed by atoms with Gasteiger partial charge in [0.2, 0.25) is 5.95 Å². The van der Waals surface area contributed by atoms with Crippen molar-refractivity contribution in [1.29, 1.82) is 0 Å². The van der Waals surface area contributed by atoms with Gasteiger partial charge in [-0.05, 0) is 30.4 Å². The highest BCUT2D eigenvalue weighted by atomic mass is 16.3. The fourth-order valence-electron chi connectivity index (χ4n) is 4.02. The van der Waals surface area contributed by atoms with Crippen molar-refractivity contribution < 1.29 is 5.11 Å². The van der Waals surface area contributed by atoms with Crippen molar-refractivity contribution >= 4 is 11.8 Å². The maximum Gasteiger partial charge on any atom is 0.225 e. The molecule has 5 heteroatoms. The summed E-state index contributed by atoms with van der Waals surface area (Å²) in [7, 11) is 0. The normalized spacial score (nSPS) is 22.4. The van der Waals surface area contributed by atoms with Gasteiger partial charge < -0.3 is 15.3 Å². The lowest BCUT2D eigenvalue weighted by Gasteiger charge is -2.30. The predicted octanol–water partition coefficient (Wildman–Crippen LogP) is 3.44. The summed E-state index contributed by atoms with van der Waals surface area (Å²) in [5.41, 5.74) is 3.99. The number of nitrogens with one attached hydrogen (secondary N) is 1. The molecule has 0 saturated carbocycles. The number of aliphatic hydroxyl groups excluding tert-OH is 1. The van der Waals surface area contributed by atoms with Crippen LogP contribution in [0.5, 0.6) is 0 Å². The highest BCUT2D eigenvalue weighted by Gasteiger charge is 2.42. The maximum absolute atomic E-state index is 9.32. The Labute approximate surface area is 149 Å². The van der Waals surface area contributed by atoms with Gasteiger partial charge in [-0.3, -0.25) is 0 Å². The molecule has 1 saturated heterocycles. The topological polar surface area (TPSA) is 61.3 Å². The molecule has 2 bridgehead atoms.